The minimum absolute atomic E-state index is 0.207. The van der Waals surface area contributed by atoms with Gasteiger partial charge in [0.2, 0.25) is 5.78 Å². The van der Waals surface area contributed by atoms with Crippen LogP contribution in [0.3, 0.4) is 0 Å². The molecular weight excluding hydrogens is 855 g/mol. The third-order valence-corrected chi connectivity index (χ3v) is 11.8. The van der Waals surface area contributed by atoms with Gasteiger partial charge in [-0.3, -0.25) is 28.4 Å². The summed E-state index contributed by atoms with van der Waals surface area (Å²) >= 11 is 0. The van der Waals surface area contributed by atoms with Gasteiger partial charge in [-0.15, -0.1) is 10.2 Å². The lowest BCUT2D eigenvalue weighted by Gasteiger charge is -2.18. The average Bonchev–Trinajstić information content (AvgIpc) is 3.09. The van der Waals surface area contributed by atoms with Crippen molar-refractivity contribution in [1.29, 1.82) is 0 Å². The van der Waals surface area contributed by atoms with Gasteiger partial charge in [0.15, 0.2) is 11.5 Å². The number of nitrogen functional groups attached to an aromatic ring is 1. The minimum atomic E-state index is -5.22. The maximum Gasteiger partial charge on any atom is 0.296 e. The van der Waals surface area contributed by atoms with Crippen LogP contribution in [0, 0.1) is 0 Å². The molecule has 5 aromatic rings. The molecule has 11 N–H and O–H groups in total. The van der Waals surface area contributed by atoms with Gasteiger partial charge >= 0.3 is 0 Å². The van der Waals surface area contributed by atoms with Gasteiger partial charge in [0.1, 0.15) is 43.3 Å². The van der Waals surface area contributed by atoms with Crippen LogP contribution >= 0.6 is 0 Å². The van der Waals surface area contributed by atoms with Crippen LogP contribution in [-0.2, 0) is 40.5 Å². The summed E-state index contributed by atoms with van der Waals surface area (Å²) in [7, 11) is -20.4. The highest BCUT2D eigenvalue weighted by Gasteiger charge is 2.36. The molecule has 5 aromatic carbocycles. The van der Waals surface area contributed by atoms with Crippen molar-refractivity contribution in [2.75, 3.05) is 11.2 Å². The molecule has 302 valence electrons. The first-order chi connectivity index (χ1) is 26.8. The van der Waals surface area contributed by atoms with Crippen molar-refractivity contribution >= 4 is 91.6 Å². The zero-order valence-corrected chi connectivity index (χ0v) is 31.5. The number of ketones is 1. The predicted octanol–water partition coefficient (Wildman–Crippen LogP) is 3.96. The fourth-order valence-corrected chi connectivity index (χ4v) is 8.29. The Kier molecular flexibility index (Phi) is 10.0. The van der Waals surface area contributed by atoms with Gasteiger partial charge in [0.05, 0.1) is 27.2 Å². The summed E-state index contributed by atoms with van der Waals surface area (Å²) in [6.07, 6.45) is 0.629. The molecule has 0 unspecified atom stereocenters. The molecule has 6 rings (SSSR count). The number of aromatic hydroxyl groups is 4. The summed E-state index contributed by atoms with van der Waals surface area (Å²) in [5.74, 6) is -4.23. The molecule has 1 aliphatic rings. The standard InChI is InChI=1S/C32H23N5O17S4/c33-29-25(57(49,50)51)12-24(56(46,47)48)17-3-6-20(31(41)28(17)29)36-34-18-4-1-13(8-21(18)38)14-2-5-19(22(39)9-14)35-37-30-26(58(52,53)54)10-15-7-16(55(43,44)45)11-23(40)27(15)32(30)42/h1-12,35,38-41H,33H2,(H,43,44,45)(H,46,47,48)(H,49,50,51)(H,52,53,54). The second-order valence-corrected chi connectivity index (χ2v) is 17.6. The number of fused-ring (bicyclic) bond motifs is 2. The number of benzene rings is 5. The van der Waals surface area contributed by atoms with Crippen molar-refractivity contribution in [2.45, 2.75) is 14.7 Å². The Morgan fingerprint density at radius 1 is 0.603 bits per heavy atom. The molecule has 0 bridgehead atoms. The second kappa shape index (κ2) is 14.1. The number of hydrogen-bond donors (Lipinski definition) is 10. The van der Waals surface area contributed by atoms with E-state index < -0.39 is 128 Å². The Morgan fingerprint density at radius 2 is 1.19 bits per heavy atom. The van der Waals surface area contributed by atoms with Crippen LogP contribution in [0.1, 0.15) is 15.9 Å². The van der Waals surface area contributed by atoms with E-state index in [1.165, 1.54) is 30.3 Å². The molecule has 22 nitrogen and oxygen atoms in total. The summed E-state index contributed by atoms with van der Waals surface area (Å²) in [5.41, 5.74) is 4.89. The molecular formula is C32H23N5O17S4. The molecule has 0 atom stereocenters. The van der Waals surface area contributed by atoms with Crippen LogP contribution < -0.4 is 11.2 Å². The van der Waals surface area contributed by atoms with E-state index in [4.69, 9.17) is 5.73 Å². The van der Waals surface area contributed by atoms with Gasteiger partial charge < -0.3 is 26.2 Å². The number of rotatable bonds is 9. The van der Waals surface area contributed by atoms with Gasteiger partial charge in [-0.25, -0.2) is 0 Å². The molecule has 0 aromatic heterocycles. The molecule has 0 saturated heterocycles. The van der Waals surface area contributed by atoms with E-state index in [0.29, 0.717) is 24.3 Å². The van der Waals surface area contributed by atoms with Gasteiger partial charge in [-0.2, -0.15) is 38.8 Å². The number of phenols is 4. The monoisotopic (exact) mass is 877 g/mol. The molecule has 0 aliphatic heterocycles. The number of carbonyl (C=O) groups excluding carboxylic acids is 1. The van der Waals surface area contributed by atoms with Crippen molar-refractivity contribution in [3.05, 3.63) is 82.8 Å². The summed E-state index contributed by atoms with van der Waals surface area (Å²) in [6.45, 7) is 0. The van der Waals surface area contributed by atoms with Crippen LogP contribution in [0.5, 0.6) is 23.0 Å². The van der Waals surface area contributed by atoms with E-state index in [2.05, 4.69) is 20.8 Å². The largest absolute Gasteiger partial charge is 0.507 e. The summed E-state index contributed by atoms with van der Waals surface area (Å²) in [5, 5.41) is 52.9. The zero-order valence-electron chi connectivity index (χ0n) is 28.2. The number of nitrogens with zero attached hydrogens (tertiary/aromatic N) is 3. The Labute approximate surface area is 325 Å². The molecule has 0 amide bonds. The van der Waals surface area contributed by atoms with Crippen molar-refractivity contribution in [1.82, 2.24) is 0 Å². The van der Waals surface area contributed by atoms with E-state index in [-0.39, 0.29) is 22.5 Å². The highest BCUT2D eigenvalue weighted by atomic mass is 32.2. The zero-order chi connectivity index (χ0) is 42.9. The Morgan fingerprint density at radius 3 is 1.76 bits per heavy atom. The number of Topliss-reactive ketones (excluding diaryl/α,β-unsaturated/α-hetero) is 1. The van der Waals surface area contributed by atoms with Crippen LogP contribution in [0.15, 0.2) is 102 Å². The van der Waals surface area contributed by atoms with Gasteiger partial charge in [-0.05, 0) is 65.2 Å². The average molecular weight is 878 g/mol. The van der Waals surface area contributed by atoms with Gasteiger partial charge in [0, 0.05) is 11.5 Å². The summed E-state index contributed by atoms with van der Waals surface area (Å²) < 4.78 is 133. The quantitative estimate of drug-likeness (QED) is 0.0329. The van der Waals surface area contributed by atoms with E-state index in [1.54, 1.807) is 0 Å². The first kappa shape index (κ1) is 41.1. The van der Waals surface area contributed by atoms with Crippen molar-refractivity contribution in [3.8, 4) is 34.1 Å². The van der Waals surface area contributed by atoms with E-state index in [1.807, 2.05) is 0 Å². The Hall–Kier alpha value is -6.52. The normalized spacial score (nSPS) is 14.5. The first-order valence-corrected chi connectivity index (χ1v) is 21.1. The third kappa shape index (κ3) is 7.75. The molecule has 58 heavy (non-hydrogen) atoms. The summed E-state index contributed by atoms with van der Waals surface area (Å²) in [6, 6.07) is 11.2. The number of nitrogens with two attached hydrogens (primary N) is 1. The second-order valence-electron chi connectivity index (χ2n) is 12.0. The van der Waals surface area contributed by atoms with E-state index >= 15 is 0 Å². The maximum atomic E-state index is 13.2. The van der Waals surface area contributed by atoms with E-state index in [9.17, 15) is 77.1 Å². The number of azo groups is 1. The molecule has 26 heteroatoms. The van der Waals surface area contributed by atoms with Crippen molar-refractivity contribution < 1.29 is 77.1 Å². The number of carbonyl (C=O) groups is 1. The molecule has 0 heterocycles. The Balaban J connectivity index is 1.28. The number of phenolic OH excluding ortho intramolecular Hbond substituents is 4. The SMILES string of the molecule is Nc1c(S(=O)(=O)O)cc(S(=O)(=O)O)c2ccc(N=Nc3ccc(-c4ccc(NN=C5C(=O)c6c(O)cc(S(=O)(=O)O)cc6C=C5S(=O)(=O)O)c(O)c4)cc3O)c(O)c12. The number of anilines is 2. The minimum Gasteiger partial charge on any atom is -0.507 e. The van der Waals surface area contributed by atoms with Gasteiger partial charge in [0.25, 0.3) is 40.5 Å². The lowest BCUT2D eigenvalue weighted by molar-refractivity contribution is 0.106. The number of nitrogens with one attached hydrogen (secondary N) is 1. The Bertz CT molecular complexity index is 3220. The third-order valence-electron chi connectivity index (χ3n) is 8.29. The van der Waals surface area contributed by atoms with Crippen LogP contribution in [-0.4, -0.2) is 83.8 Å². The molecule has 0 fully saturated rings. The lowest BCUT2D eigenvalue weighted by atomic mass is 9.94. The number of hydrogen-bond acceptors (Lipinski definition) is 18. The molecule has 0 saturated carbocycles. The molecule has 0 spiro atoms. The highest BCUT2D eigenvalue weighted by molar-refractivity contribution is 7.91. The maximum absolute atomic E-state index is 13.2. The smallest absolute Gasteiger partial charge is 0.296 e. The topological polar surface area (TPSA) is 391 Å². The van der Waals surface area contributed by atoms with Gasteiger partial charge in [-0.1, -0.05) is 18.2 Å². The lowest BCUT2D eigenvalue weighted by Crippen LogP contribution is -2.27. The van der Waals surface area contributed by atoms with Crippen LogP contribution in [0.4, 0.5) is 22.7 Å². The van der Waals surface area contributed by atoms with Crippen molar-refractivity contribution in [3.63, 3.8) is 0 Å². The fourth-order valence-electron chi connectivity index (χ4n) is 5.66. The highest BCUT2D eigenvalue weighted by Crippen LogP contribution is 2.44. The fraction of sp³-hybridized carbons (Fsp3) is 0. The number of allylic oxidation sites excluding steroid dienone is 1. The number of hydrazone groups is 1. The van der Waals surface area contributed by atoms with Crippen LogP contribution in [0.25, 0.3) is 28.0 Å². The molecule has 1 aliphatic carbocycles. The molecule has 0 radical (unpaired) electrons. The van der Waals surface area contributed by atoms with Crippen LogP contribution in [0.2, 0.25) is 0 Å². The summed E-state index contributed by atoms with van der Waals surface area (Å²) in [4.78, 5) is 9.09. The predicted molar refractivity (Wildman–Crippen MR) is 202 cm³/mol. The van der Waals surface area contributed by atoms with Crippen molar-refractivity contribution in [2.24, 2.45) is 15.3 Å². The first-order valence-electron chi connectivity index (χ1n) is 15.3. The van der Waals surface area contributed by atoms with E-state index in [0.717, 1.165) is 18.2 Å².